The van der Waals surface area contributed by atoms with E-state index in [4.69, 9.17) is 0 Å². The first-order valence-corrected chi connectivity index (χ1v) is 10.6. The molecule has 5 rings (SSSR count). The third-order valence-electron chi connectivity index (χ3n) is 7.00. The van der Waals surface area contributed by atoms with Gasteiger partial charge in [-0.2, -0.15) is 0 Å². The third kappa shape index (κ3) is 2.87. The zero-order chi connectivity index (χ0) is 21.8. The minimum atomic E-state index is -1.30. The van der Waals surface area contributed by atoms with E-state index >= 15 is 0 Å². The molecule has 3 aliphatic rings. The maximum absolute atomic E-state index is 13.6. The van der Waals surface area contributed by atoms with Gasteiger partial charge in [0.15, 0.2) is 5.41 Å². The summed E-state index contributed by atoms with van der Waals surface area (Å²) in [4.78, 5) is 46.4. The largest absolute Gasteiger partial charge is 0.364 e. The van der Waals surface area contributed by atoms with Crippen LogP contribution in [0.25, 0.3) is 0 Å². The van der Waals surface area contributed by atoms with Crippen molar-refractivity contribution in [2.45, 2.75) is 19.0 Å². The number of anilines is 1. The van der Waals surface area contributed by atoms with Crippen molar-refractivity contribution in [1.29, 1.82) is 0 Å². The lowest BCUT2D eigenvalue weighted by Crippen LogP contribution is -2.74. The van der Waals surface area contributed by atoms with Gasteiger partial charge in [0.05, 0.1) is 6.04 Å². The first kappa shape index (κ1) is 19.8. The first-order valence-electron chi connectivity index (χ1n) is 10.6. The number of urea groups is 1. The van der Waals surface area contributed by atoms with Crippen molar-refractivity contribution in [2.75, 3.05) is 38.6 Å². The Morgan fingerprint density at radius 3 is 2.23 bits per heavy atom. The highest BCUT2D eigenvalue weighted by atomic mass is 16.2. The van der Waals surface area contributed by atoms with Crippen LogP contribution >= 0.6 is 0 Å². The number of carbonyl (C=O) groups is 3. The summed E-state index contributed by atoms with van der Waals surface area (Å²) in [6.07, 6.45) is 0.309. The van der Waals surface area contributed by atoms with E-state index in [9.17, 15) is 14.4 Å². The second-order valence-electron chi connectivity index (χ2n) is 8.72. The molecule has 0 bridgehead atoms. The van der Waals surface area contributed by atoms with Crippen molar-refractivity contribution < 1.29 is 14.4 Å². The number of nitrogens with zero attached hydrogens (tertiary/aromatic N) is 4. The summed E-state index contributed by atoms with van der Waals surface area (Å²) < 4.78 is 0. The van der Waals surface area contributed by atoms with Crippen LogP contribution in [0.4, 0.5) is 10.5 Å². The second kappa shape index (κ2) is 7.20. The predicted molar refractivity (Wildman–Crippen MR) is 116 cm³/mol. The number of benzene rings is 2. The van der Waals surface area contributed by atoms with Gasteiger partial charge in [-0.15, -0.1) is 0 Å². The normalized spacial score (nSPS) is 23.2. The number of fused-ring (bicyclic) bond motifs is 4. The average Bonchev–Trinajstić information content (AvgIpc) is 2.81. The van der Waals surface area contributed by atoms with Crippen molar-refractivity contribution in [3.8, 4) is 0 Å². The minimum Gasteiger partial charge on any atom is -0.364 e. The van der Waals surface area contributed by atoms with E-state index in [-0.39, 0.29) is 6.04 Å². The summed E-state index contributed by atoms with van der Waals surface area (Å²) in [6, 6.07) is 17.3. The lowest BCUT2D eigenvalue weighted by Gasteiger charge is -2.56. The van der Waals surface area contributed by atoms with Gasteiger partial charge < -0.3 is 4.90 Å². The molecule has 2 fully saturated rings. The zero-order valence-corrected chi connectivity index (χ0v) is 17.8. The third-order valence-corrected chi connectivity index (χ3v) is 7.00. The van der Waals surface area contributed by atoms with E-state index in [1.807, 2.05) is 36.4 Å². The van der Waals surface area contributed by atoms with E-state index < -0.39 is 23.3 Å². The van der Waals surface area contributed by atoms with E-state index in [2.05, 4.69) is 28.0 Å². The van der Waals surface area contributed by atoms with Crippen LogP contribution < -0.4 is 4.90 Å². The number of imide groups is 2. The molecular weight excluding hydrogens is 392 g/mol. The van der Waals surface area contributed by atoms with Gasteiger partial charge in [-0.3, -0.25) is 24.3 Å². The summed E-state index contributed by atoms with van der Waals surface area (Å²) >= 11 is 0. The topological polar surface area (TPSA) is 64.2 Å². The number of barbiturate groups is 1. The smallest absolute Gasteiger partial charge is 0.332 e. The Bertz CT molecular complexity index is 1030. The fourth-order valence-electron chi connectivity index (χ4n) is 5.42. The molecule has 0 saturated carbocycles. The highest BCUT2D eigenvalue weighted by Crippen LogP contribution is 2.46. The van der Waals surface area contributed by atoms with Crippen LogP contribution in [0.5, 0.6) is 0 Å². The summed E-state index contributed by atoms with van der Waals surface area (Å²) in [6.45, 7) is 2.90. The quantitative estimate of drug-likeness (QED) is 0.698. The van der Waals surface area contributed by atoms with Crippen molar-refractivity contribution in [1.82, 2.24) is 14.7 Å². The van der Waals surface area contributed by atoms with E-state index in [0.29, 0.717) is 13.0 Å². The van der Waals surface area contributed by atoms with Gasteiger partial charge in [-0.1, -0.05) is 48.5 Å². The molecule has 2 saturated heterocycles. The van der Waals surface area contributed by atoms with E-state index in [0.717, 1.165) is 40.7 Å². The summed E-state index contributed by atoms with van der Waals surface area (Å²) in [5.74, 6) is -0.793. The van der Waals surface area contributed by atoms with Crippen LogP contribution in [0.3, 0.4) is 0 Å². The first-order chi connectivity index (χ1) is 14.9. The Kier molecular flexibility index (Phi) is 4.59. The number of carbonyl (C=O) groups excluding carboxylic acids is 3. The lowest BCUT2D eigenvalue weighted by molar-refractivity contribution is -0.160. The van der Waals surface area contributed by atoms with Gasteiger partial charge in [-0.25, -0.2) is 4.79 Å². The Labute approximate surface area is 181 Å². The van der Waals surface area contributed by atoms with E-state index in [1.54, 1.807) is 0 Å². The Balaban J connectivity index is 1.58. The molecule has 0 unspecified atom stereocenters. The zero-order valence-electron chi connectivity index (χ0n) is 17.8. The maximum Gasteiger partial charge on any atom is 0.332 e. The summed E-state index contributed by atoms with van der Waals surface area (Å²) in [5.41, 5.74) is 1.96. The van der Waals surface area contributed by atoms with Gasteiger partial charge >= 0.3 is 6.03 Å². The molecular formula is C24H26N4O3. The number of piperazine rings is 1. The molecule has 2 aromatic carbocycles. The molecule has 2 aromatic rings. The molecule has 1 spiro atoms. The van der Waals surface area contributed by atoms with Gasteiger partial charge in [0.2, 0.25) is 11.8 Å². The molecule has 0 N–H and O–H groups in total. The number of hydrogen-bond donors (Lipinski definition) is 0. The molecule has 0 aromatic heterocycles. The molecule has 3 aliphatic heterocycles. The highest BCUT2D eigenvalue weighted by Gasteiger charge is 2.63. The number of amides is 4. The summed E-state index contributed by atoms with van der Waals surface area (Å²) in [7, 11) is 2.95. The monoisotopic (exact) mass is 418 g/mol. The Morgan fingerprint density at radius 1 is 0.871 bits per heavy atom. The van der Waals surface area contributed by atoms with Crippen LogP contribution in [-0.2, 0) is 22.6 Å². The van der Waals surface area contributed by atoms with Crippen LogP contribution in [-0.4, -0.2) is 72.3 Å². The number of hydrogen-bond acceptors (Lipinski definition) is 5. The molecule has 3 heterocycles. The fourth-order valence-corrected chi connectivity index (χ4v) is 5.42. The fraction of sp³-hybridized carbons (Fsp3) is 0.375. The molecule has 0 radical (unpaired) electrons. The molecule has 0 aliphatic carbocycles. The molecule has 7 nitrogen and oxygen atoms in total. The number of para-hydroxylation sites is 1. The van der Waals surface area contributed by atoms with Crippen LogP contribution in [0.2, 0.25) is 0 Å². The average molecular weight is 418 g/mol. The van der Waals surface area contributed by atoms with Crippen molar-refractivity contribution in [2.24, 2.45) is 5.41 Å². The molecule has 4 amide bonds. The van der Waals surface area contributed by atoms with Crippen LogP contribution in [0.1, 0.15) is 11.1 Å². The maximum atomic E-state index is 13.6. The Morgan fingerprint density at radius 2 is 1.52 bits per heavy atom. The van der Waals surface area contributed by atoms with Gasteiger partial charge in [0, 0.05) is 46.0 Å². The van der Waals surface area contributed by atoms with Crippen molar-refractivity contribution >= 4 is 23.5 Å². The Hall–Kier alpha value is -3.19. The highest BCUT2D eigenvalue weighted by molar-refractivity contribution is 6.20. The predicted octanol–water partition coefficient (Wildman–Crippen LogP) is 1.97. The standard InChI is InChI=1S/C24H26N4O3/c1-25-21(29)24(22(30)26(2)23(25)31)14-18-10-6-7-11-19(18)28-13-12-27(16-20(24)28)15-17-8-4-3-5-9-17/h3-11,20H,12-16H2,1-2H3/t20-/m1/s1. The minimum absolute atomic E-state index is 0.309. The van der Waals surface area contributed by atoms with E-state index in [1.165, 1.54) is 19.7 Å². The summed E-state index contributed by atoms with van der Waals surface area (Å²) in [5, 5.41) is 0. The van der Waals surface area contributed by atoms with Crippen LogP contribution in [0.15, 0.2) is 54.6 Å². The van der Waals surface area contributed by atoms with Gasteiger partial charge in [0.25, 0.3) is 0 Å². The molecule has 7 heteroatoms. The molecule has 160 valence electrons. The van der Waals surface area contributed by atoms with Crippen LogP contribution in [0, 0.1) is 5.41 Å². The molecule has 31 heavy (non-hydrogen) atoms. The van der Waals surface area contributed by atoms with Crippen molar-refractivity contribution in [3.05, 3.63) is 65.7 Å². The van der Waals surface area contributed by atoms with Gasteiger partial charge in [-0.05, 0) is 23.6 Å². The second-order valence-corrected chi connectivity index (χ2v) is 8.72. The lowest BCUT2D eigenvalue weighted by atomic mass is 9.67. The SMILES string of the molecule is CN1C(=O)N(C)C(=O)C2(Cc3ccccc3N3CCN(Cc4ccccc4)C[C@@H]32)C1=O. The van der Waals surface area contributed by atoms with Gasteiger partial charge in [0.1, 0.15) is 0 Å². The van der Waals surface area contributed by atoms with Crippen molar-refractivity contribution in [3.63, 3.8) is 0 Å². The molecule has 1 atom stereocenters. The number of rotatable bonds is 2.